The van der Waals surface area contributed by atoms with Crippen LogP contribution in [-0.2, 0) is 4.79 Å². The van der Waals surface area contributed by atoms with Gasteiger partial charge in [-0.05, 0) is 76.0 Å². The molecule has 1 heterocycles. The molecule has 6 heteroatoms. The Bertz CT molecular complexity index is 1200. The molecule has 3 aromatic rings. The SMILES string of the molecule is Cc1ccc(N2C(=O)C(=Cc3ccc([N+](=O)[O-])cc3)C=C2c2ccccc2)c(Br)c1. The number of non-ortho nitro benzene ring substituents is 1. The lowest BCUT2D eigenvalue weighted by Gasteiger charge is -2.22. The molecule has 0 saturated carbocycles. The molecule has 0 fully saturated rings. The molecule has 0 unspecified atom stereocenters. The minimum absolute atomic E-state index is 0.0145. The summed E-state index contributed by atoms with van der Waals surface area (Å²) in [5.41, 5.74) is 4.79. The lowest BCUT2D eigenvalue weighted by molar-refractivity contribution is -0.384. The van der Waals surface area contributed by atoms with Crippen LogP contribution in [0, 0.1) is 17.0 Å². The van der Waals surface area contributed by atoms with E-state index in [2.05, 4.69) is 15.9 Å². The Balaban J connectivity index is 1.80. The molecule has 30 heavy (non-hydrogen) atoms. The number of carbonyl (C=O) groups excluding carboxylic acids is 1. The maximum absolute atomic E-state index is 13.4. The Morgan fingerprint density at radius 1 is 1.00 bits per heavy atom. The first kappa shape index (κ1) is 19.8. The van der Waals surface area contributed by atoms with Gasteiger partial charge in [0, 0.05) is 22.2 Å². The average molecular weight is 461 g/mol. The van der Waals surface area contributed by atoms with Gasteiger partial charge in [0.25, 0.3) is 11.6 Å². The summed E-state index contributed by atoms with van der Waals surface area (Å²) in [7, 11) is 0. The molecule has 0 bridgehead atoms. The van der Waals surface area contributed by atoms with Gasteiger partial charge in [-0.2, -0.15) is 0 Å². The number of benzene rings is 3. The molecule has 4 rings (SSSR count). The maximum Gasteiger partial charge on any atom is 0.269 e. The van der Waals surface area contributed by atoms with Gasteiger partial charge in [-0.1, -0.05) is 36.4 Å². The highest BCUT2D eigenvalue weighted by Crippen LogP contribution is 2.39. The quantitative estimate of drug-likeness (QED) is 0.267. The molecule has 1 amide bonds. The van der Waals surface area contributed by atoms with Gasteiger partial charge in [0.2, 0.25) is 0 Å². The molecule has 0 radical (unpaired) electrons. The van der Waals surface area contributed by atoms with Crippen molar-refractivity contribution in [1.29, 1.82) is 0 Å². The van der Waals surface area contributed by atoms with E-state index in [0.29, 0.717) is 5.57 Å². The zero-order chi connectivity index (χ0) is 21.3. The standard InChI is InChI=1S/C24H17BrN2O3/c1-16-7-12-22(21(25)13-16)26-23(18-5-3-2-4-6-18)15-19(24(26)28)14-17-8-10-20(11-9-17)27(29)30/h2-15H,1H3. The van der Waals surface area contributed by atoms with Gasteiger partial charge in [0.1, 0.15) is 0 Å². The highest BCUT2D eigenvalue weighted by molar-refractivity contribution is 9.10. The smallest absolute Gasteiger partial charge is 0.269 e. The van der Waals surface area contributed by atoms with E-state index in [4.69, 9.17) is 0 Å². The van der Waals surface area contributed by atoms with Crippen molar-refractivity contribution in [2.45, 2.75) is 6.92 Å². The largest absolute Gasteiger partial charge is 0.275 e. The molecule has 1 aliphatic heterocycles. The number of amides is 1. The number of halogens is 1. The van der Waals surface area contributed by atoms with Gasteiger partial charge < -0.3 is 0 Å². The van der Waals surface area contributed by atoms with Crippen molar-refractivity contribution in [3.8, 4) is 0 Å². The van der Waals surface area contributed by atoms with Gasteiger partial charge >= 0.3 is 0 Å². The fourth-order valence-corrected chi connectivity index (χ4v) is 4.01. The van der Waals surface area contributed by atoms with Gasteiger partial charge in [-0.3, -0.25) is 19.8 Å². The zero-order valence-corrected chi connectivity index (χ0v) is 17.7. The van der Waals surface area contributed by atoms with Crippen molar-refractivity contribution in [3.63, 3.8) is 0 Å². The van der Waals surface area contributed by atoms with Crippen LogP contribution >= 0.6 is 15.9 Å². The molecule has 0 atom stereocenters. The van der Waals surface area contributed by atoms with Crippen molar-refractivity contribution in [1.82, 2.24) is 0 Å². The fourth-order valence-electron chi connectivity index (χ4n) is 3.34. The van der Waals surface area contributed by atoms with Crippen LogP contribution in [0.1, 0.15) is 16.7 Å². The number of rotatable bonds is 4. The fraction of sp³-hybridized carbons (Fsp3) is 0.0417. The van der Waals surface area contributed by atoms with Crippen molar-refractivity contribution in [2.75, 3.05) is 4.90 Å². The van der Waals surface area contributed by atoms with E-state index in [9.17, 15) is 14.9 Å². The van der Waals surface area contributed by atoms with Crippen LogP contribution in [0.3, 0.4) is 0 Å². The molecule has 0 spiro atoms. The average Bonchev–Trinajstić information content (AvgIpc) is 3.05. The van der Waals surface area contributed by atoms with Crippen molar-refractivity contribution >= 4 is 45.0 Å². The van der Waals surface area contributed by atoms with Crippen molar-refractivity contribution in [2.24, 2.45) is 0 Å². The second kappa shape index (κ2) is 8.08. The number of hydrogen-bond donors (Lipinski definition) is 0. The molecule has 1 aliphatic rings. The first-order chi connectivity index (χ1) is 14.4. The summed E-state index contributed by atoms with van der Waals surface area (Å²) in [5.74, 6) is -0.156. The van der Waals surface area contributed by atoms with Crippen LogP contribution in [0.15, 0.2) is 88.9 Å². The van der Waals surface area contributed by atoms with E-state index in [1.165, 1.54) is 12.1 Å². The second-order valence-electron chi connectivity index (χ2n) is 6.94. The number of nitro groups is 1. The molecular weight excluding hydrogens is 444 g/mol. The molecule has 148 valence electrons. The molecule has 0 N–H and O–H groups in total. The summed E-state index contributed by atoms with van der Waals surface area (Å²) in [6.45, 7) is 1.99. The Morgan fingerprint density at radius 2 is 1.70 bits per heavy atom. The lowest BCUT2D eigenvalue weighted by Crippen LogP contribution is -2.25. The van der Waals surface area contributed by atoms with E-state index in [-0.39, 0.29) is 11.6 Å². The van der Waals surface area contributed by atoms with Gasteiger partial charge in [-0.15, -0.1) is 0 Å². The molecular formula is C24H17BrN2O3. The molecule has 0 aliphatic carbocycles. The van der Waals surface area contributed by atoms with E-state index in [0.717, 1.165) is 32.5 Å². The summed E-state index contributed by atoms with van der Waals surface area (Å²) in [6, 6.07) is 21.7. The first-order valence-electron chi connectivity index (χ1n) is 9.28. The predicted octanol–water partition coefficient (Wildman–Crippen LogP) is 6.14. The third-order valence-corrected chi connectivity index (χ3v) is 5.46. The number of aryl methyl sites for hydroxylation is 1. The third-order valence-electron chi connectivity index (χ3n) is 4.82. The van der Waals surface area contributed by atoms with Crippen LogP contribution < -0.4 is 4.90 Å². The lowest BCUT2D eigenvalue weighted by atomic mass is 10.1. The van der Waals surface area contributed by atoms with Crippen LogP contribution in [0.2, 0.25) is 0 Å². The van der Waals surface area contributed by atoms with Gasteiger partial charge in [-0.25, -0.2) is 0 Å². The van der Waals surface area contributed by atoms with Gasteiger partial charge in [0.05, 0.1) is 16.3 Å². The van der Waals surface area contributed by atoms with E-state index in [1.807, 2.05) is 61.5 Å². The van der Waals surface area contributed by atoms with E-state index >= 15 is 0 Å². The van der Waals surface area contributed by atoms with Gasteiger partial charge in [0.15, 0.2) is 0 Å². The first-order valence-corrected chi connectivity index (χ1v) is 10.1. The number of anilines is 1. The molecule has 5 nitrogen and oxygen atoms in total. The van der Waals surface area contributed by atoms with Crippen LogP contribution in [0.5, 0.6) is 0 Å². The predicted molar refractivity (Wildman–Crippen MR) is 122 cm³/mol. The second-order valence-corrected chi connectivity index (χ2v) is 7.79. The minimum Gasteiger partial charge on any atom is -0.275 e. The summed E-state index contributed by atoms with van der Waals surface area (Å²) >= 11 is 3.59. The number of nitrogens with zero attached hydrogens (tertiary/aromatic N) is 2. The summed E-state index contributed by atoms with van der Waals surface area (Å²) in [6.07, 6.45) is 3.60. The Labute approximate surface area is 182 Å². The van der Waals surface area contributed by atoms with Crippen molar-refractivity contribution < 1.29 is 9.72 Å². The van der Waals surface area contributed by atoms with Crippen LogP contribution in [-0.4, -0.2) is 10.8 Å². The van der Waals surface area contributed by atoms with Crippen LogP contribution in [0.25, 0.3) is 11.8 Å². The summed E-state index contributed by atoms with van der Waals surface area (Å²) < 4.78 is 0.828. The third kappa shape index (κ3) is 3.82. The zero-order valence-electron chi connectivity index (χ0n) is 16.1. The monoisotopic (exact) mass is 460 g/mol. The van der Waals surface area contributed by atoms with E-state index in [1.54, 1.807) is 23.1 Å². The maximum atomic E-state index is 13.4. The minimum atomic E-state index is -0.443. The number of hydrogen-bond acceptors (Lipinski definition) is 3. The summed E-state index contributed by atoms with van der Waals surface area (Å²) in [5, 5.41) is 10.9. The van der Waals surface area contributed by atoms with Crippen molar-refractivity contribution in [3.05, 3.63) is 116 Å². The molecule has 0 saturated heterocycles. The summed E-state index contributed by atoms with van der Waals surface area (Å²) in [4.78, 5) is 25.5. The highest BCUT2D eigenvalue weighted by Gasteiger charge is 2.31. The van der Waals surface area contributed by atoms with E-state index < -0.39 is 4.92 Å². The Morgan fingerprint density at radius 3 is 2.33 bits per heavy atom. The number of carbonyl (C=O) groups is 1. The topological polar surface area (TPSA) is 63.5 Å². The highest BCUT2D eigenvalue weighted by atomic mass is 79.9. The molecule has 0 aromatic heterocycles. The normalized spacial score (nSPS) is 14.9. The van der Waals surface area contributed by atoms with Crippen LogP contribution in [0.4, 0.5) is 11.4 Å². The number of nitro benzene ring substituents is 1. The molecule has 3 aromatic carbocycles. The Hall–Kier alpha value is -3.51. The Kier molecular flexibility index (Phi) is 5.33.